The Bertz CT molecular complexity index is 371. The van der Waals surface area contributed by atoms with E-state index >= 15 is 0 Å². The Morgan fingerprint density at radius 2 is 0.622 bits per heavy atom. The van der Waals surface area contributed by atoms with Crippen molar-refractivity contribution in [3.63, 3.8) is 0 Å². The van der Waals surface area contributed by atoms with Crippen molar-refractivity contribution in [1.29, 1.82) is 0 Å². The molecule has 0 aromatic carbocycles. The third-order valence-corrected chi connectivity index (χ3v) is 16.0. The molecule has 4 N–H and O–H groups in total. The molecule has 7 heteroatoms. The summed E-state index contributed by atoms with van der Waals surface area (Å²) in [6.07, 6.45) is 18.8. The second kappa shape index (κ2) is 28.5. The molecular weight excluding hydrogens is 528 g/mol. The molecule has 2 aliphatic rings. The summed E-state index contributed by atoms with van der Waals surface area (Å²) in [6.45, 7) is 13.0. The van der Waals surface area contributed by atoms with E-state index in [0.717, 1.165) is 100 Å². The van der Waals surface area contributed by atoms with Crippen molar-refractivity contribution >= 4 is 16.6 Å². The Kier molecular flexibility index (Phi) is 32.7. The van der Waals surface area contributed by atoms with Crippen molar-refractivity contribution in [1.82, 2.24) is 0 Å². The van der Waals surface area contributed by atoms with Gasteiger partial charge in [0, 0.05) is 21.7 Å². The summed E-state index contributed by atoms with van der Waals surface area (Å²) in [6, 6.07) is 6.64. The maximum absolute atomic E-state index is 10.2. The largest absolute Gasteiger partial charge is 0.432 e. The second-order valence-electron chi connectivity index (χ2n) is 11.5. The predicted octanol–water partition coefficient (Wildman–Crippen LogP) is 8.93. The monoisotopic (exact) mass is 596 g/mol. The van der Waals surface area contributed by atoms with Crippen LogP contribution < -0.4 is 0 Å². The van der Waals surface area contributed by atoms with Gasteiger partial charge in [0.25, 0.3) is 0 Å². The van der Waals surface area contributed by atoms with Gasteiger partial charge in [-0.1, -0.05) is 119 Å². The first-order valence-electron chi connectivity index (χ1n) is 16.0. The molecule has 0 bridgehead atoms. The Morgan fingerprint density at radius 1 is 0.432 bits per heavy atom. The van der Waals surface area contributed by atoms with Crippen molar-refractivity contribution < 1.29 is 41.5 Å². The van der Waals surface area contributed by atoms with E-state index < -0.39 is 16.6 Å². The van der Waals surface area contributed by atoms with Crippen molar-refractivity contribution in [3.8, 4) is 0 Å². The molecule has 2 rings (SSSR count). The Hall–Kier alpha value is 0.988. The van der Waals surface area contributed by atoms with Gasteiger partial charge in [0.15, 0.2) is 16.6 Å². The van der Waals surface area contributed by atoms with Crippen LogP contribution in [0.25, 0.3) is 0 Å². The van der Waals surface area contributed by atoms with Crippen LogP contribution >= 0.6 is 0 Å². The summed E-state index contributed by atoms with van der Waals surface area (Å²) in [5.41, 5.74) is 0. The molecule has 0 aliphatic heterocycles. The van der Waals surface area contributed by atoms with Crippen LogP contribution in [0.15, 0.2) is 0 Å². The molecule has 0 radical (unpaired) electrons. The van der Waals surface area contributed by atoms with E-state index in [1.54, 1.807) is 0 Å². The average molecular weight is 597 g/mol. The van der Waals surface area contributed by atoms with E-state index in [9.17, 15) is 9.59 Å². The van der Waals surface area contributed by atoms with E-state index in [1.165, 1.54) is 38.5 Å². The van der Waals surface area contributed by atoms with Gasteiger partial charge in [-0.3, -0.25) is 0 Å². The number of aliphatic hydroxyl groups excluding tert-OH is 2. The molecule has 224 valence electrons. The first-order valence-corrected chi connectivity index (χ1v) is 21.1. The third-order valence-electron chi connectivity index (χ3n) is 7.44. The minimum atomic E-state index is -1.75. The van der Waals surface area contributed by atoms with Gasteiger partial charge in [-0.2, -0.15) is 0 Å². The minimum Gasteiger partial charge on any atom is -0.432 e. The Labute approximate surface area is 250 Å². The Balaban J connectivity index is -0.000000420. The van der Waals surface area contributed by atoms with Gasteiger partial charge in [-0.25, -0.2) is 0 Å². The summed E-state index contributed by atoms with van der Waals surface area (Å²) >= 11 is 0. The van der Waals surface area contributed by atoms with E-state index in [-0.39, 0.29) is 33.9 Å². The van der Waals surface area contributed by atoms with Crippen LogP contribution in [-0.4, -0.2) is 48.6 Å². The van der Waals surface area contributed by atoms with Gasteiger partial charge in [-0.05, 0) is 61.9 Å². The van der Waals surface area contributed by atoms with E-state index in [1.807, 2.05) is 0 Å². The summed E-state index contributed by atoms with van der Waals surface area (Å²) in [5.74, 6) is 0. The molecule has 0 spiro atoms. The second-order valence-corrected chi connectivity index (χ2v) is 19.4. The molecule has 0 aromatic heterocycles. The zero-order valence-corrected chi connectivity index (χ0v) is 29.6. The van der Waals surface area contributed by atoms with E-state index in [2.05, 4.69) is 41.5 Å². The fourth-order valence-corrected chi connectivity index (χ4v) is 12.8. The average Bonchev–Trinajstić information content (AvgIpc) is 2.82. The quantitative estimate of drug-likeness (QED) is 0.170. The van der Waals surface area contributed by atoms with Crippen LogP contribution in [0.3, 0.4) is 0 Å². The Morgan fingerprint density at radius 3 is 0.730 bits per heavy atom. The standard InChI is InChI=1S/2C9H22OSi.2C6H12O.Ti/c2*1-4-7-11(10,8-5-2)9-6-3;2*7-6-4-2-1-3-5-6;/h2*10H,4-9H2,1-3H3;2*6-7H,1-5H2;. The van der Waals surface area contributed by atoms with Crippen molar-refractivity contribution in [2.24, 2.45) is 0 Å². The van der Waals surface area contributed by atoms with Gasteiger partial charge in [0.1, 0.15) is 0 Å². The fourth-order valence-electron chi connectivity index (χ4n) is 5.70. The number of hydrogen-bond acceptors (Lipinski definition) is 4. The maximum Gasteiger partial charge on any atom is 0.188 e. The van der Waals surface area contributed by atoms with Gasteiger partial charge in [-0.15, -0.1) is 0 Å². The van der Waals surface area contributed by atoms with Crippen LogP contribution in [-0.2, 0) is 21.7 Å². The molecule has 0 unspecified atom stereocenters. The van der Waals surface area contributed by atoms with Crippen LogP contribution in [0.4, 0.5) is 0 Å². The summed E-state index contributed by atoms with van der Waals surface area (Å²) in [7, 11) is -3.50. The molecule has 0 atom stereocenters. The molecule has 0 amide bonds. The van der Waals surface area contributed by atoms with Crippen LogP contribution in [0.1, 0.15) is 144 Å². The van der Waals surface area contributed by atoms with Crippen molar-refractivity contribution in [2.75, 3.05) is 0 Å². The van der Waals surface area contributed by atoms with Gasteiger partial charge < -0.3 is 19.8 Å². The summed E-state index contributed by atoms with van der Waals surface area (Å²) in [5, 5.41) is 17.8. The van der Waals surface area contributed by atoms with Crippen LogP contribution in [0.2, 0.25) is 36.3 Å². The van der Waals surface area contributed by atoms with Gasteiger partial charge in [0.2, 0.25) is 0 Å². The van der Waals surface area contributed by atoms with Crippen LogP contribution in [0.5, 0.6) is 0 Å². The summed E-state index contributed by atoms with van der Waals surface area (Å²) < 4.78 is 0. The van der Waals surface area contributed by atoms with E-state index in [0.29, 0.717) is 0 Å². The number of hydrogen-bond donors (Lipinski definition) is 4. The van der Waals surface area contributed by atoms with Gasteiger partial charge in [0.05, 0.1) is 12.2 Å². The molecule has 2 saturated carbocycles. The zero-order chi connectivity index (χ0) is 27.7. The van der Waals surface area contributed by atoms with Gasteiger partial charge >= 0.3 is 0 Å². The zero-order valence-electron chi connectivity index (χ0n) is 26.0. The maximum atomic E-state index is 10.2. The number of aliphatic hydroxyl groups is 2. The predicted molar refractivity (Wildman–Crippen MR) is 165 cm³/mol. The van der Waals surface area contributed by atoms with Crippen molar-refractivity contribution in [2.45, 2.75) is 193 Å². The molecule has 0 aromatic rings. The minimum absolute atomic E-state index is 0. The summed E-state index contributed by atoms with van der Waals surface area (Å²) in [4.78, 5) is 20.3. The molecule has 2 aliphatic carbocycles. The molecule has 0 saturated heterocycles. The van der Waals surface area contributed by atoms with Crippen LogP contribution in [0, 0.1) is 0 Å². The molecule has 37 heavy (non-hydrogen) atoms. The molecule has 2 fully saturated rings. The van der Waals surface area contributed by atoms with Crippen molar-refractivity contribution in [3.05, 3.63) is 0 Å². The normalized spacial score (nSPS) is 16.7. The van der Waals surface area contributed by atoms with E-state index in [4.69, 9.17) is 10.2 Å². The third kappa shape index (κ3) is 27.0. The number of rotatable bonds is 12. The SMILES string of the molecule is CCC[Si](O)(CCC)CCC.CCC[Si](O)(CCC)CCC.OC1CCCCC1.OC1CCCCC1.[Ti]. The molecule has 4 nitrogen and oxygen atoms in total. The molecule has 0 heterocycles. The topological polar surface area (TPSA) is 80.9 Å². The first kappa shape index (κ1) is 42.5. The first-order chi connectivity index (χ1) is 17.2. The fraction of sp³-hybridized carbons (Fsp3) is 1.00. The molecular formula is C30H68O4Si2Ti. The smallest absolute Gasteiger partial charge is 0.188 e.